The van der Waals surface area contributed by atoms with Crippen LogP contribution in [0.25, 0.3) is 6.08 Å². The molecule has 1 aliphatic heterocycles. The molecule has 1 saturated heterocycles. The molecule has 1 saturated carbocycles. The highest BCUT2D eigenvalue weighted by Gasteiger charge is 2.38. The second-order valence-corrected chi connectivity index (χ2v) is 9.95. The van der Waals surface area contributed by atoms with Gasteiger partial charge in [0.1, 0.15) is 4.32 Å². The van der Waals surface area contributed by atoms with E-state index in [2.05, 4.69) is 5.32 Å². The lowest BCUT2D eigenvalue weighted by molar-refractivity contribution is -0.123. The van der Waals surface area contributed by atoms with E-state index in [9.17, 15) is 14.4 Å². The fraction of sp³-hybridized carbons (Fsp3) is 0.308. The van der Waals surface area contributed by atoms with E-state index in [1.807, 2.05) is 0 Å². The number of nitrogens with zero attached hydrogens (tertiary/aromatic N) is 1. The van der Waals surface area contributed by atoms with Gasteiger partial charge in [0, 0.05) is 6.04 Å². The van der Waals surface area contributed by atoms with Crippen LogP contribution in [0.15, 0.2) is 47.4 Å². The quantitative estimate of drug-likeness (QED) is 0.302. The fourth-order valence-electron chi connectivity index (χ4n) is 4.21. The van der Waals surface area contributed by atoms with E-state index in [-0.39, 0.29) is 24.1 Å². The fourth-order valence-corrected chi connectivity index (χ4v) is 5.61. The maximum absolute atomic E-state index is 13.0. The van der Waals surface area contributed by atoms with Crippen molar-refractivity contribution in [2.75, 3.05) is 26.1 Å². The van der Waals surface area contributed by atoms with E-state index < -0.39 is 11.9 Å². The summed E-state index contributed by atoms with van der Waals surface area (Å²) < 4.78 is 16.5. The molecule has 36 heavy (non-hydrogen) atoms. The van der Waals surface area contributed by atoms with Gasteiger partial charge in [-0.1, -0.05) is 55.0 Å². The van der Waals surface area contributed by atoms with Gasteiger partial charge in [0.15, 0.2) is 18.1 Å². The smallest absolute Gasteiger partial charge is 0.339 e. The van der Waals surface area contributed by atoms with E-state index in [0.717, 1.165) is 31.2 Å². The Balaban J connectivity index is 1.42. The van der Waals surface area contributed by atoms with Crippen LogP contribution in [0.2, 0.25) is 0 Å². The third-order valence-corrected chi connectivity index (χ3v) is 7.29. The van der Waals surface area contributed by atoms with Gasteiger partial charge in [0.2, 0.25) is 0 Å². The number of thioether (sulfide) groups is 1. The Morgan fingerprint density at radius 2 is 1.89 bits per heavy atom. The van der Waals surface area contributed by atoms with Crippen LogP contribution in [0.5, 0.6) is 11.5 Å². The Kier molecular flexibility index (Phi) is 8.27. The van der Waals surface area contributed by atoms with Gasteiger partial charge in [0.25, 0.3) is 11.8 Å². The van der Waals surface area contributed by atoms with Crippen LogP contribution >= 0.6 is 24.0 Å². The number of carbonyl (C=O) groups excluding carboxylic acids is 3. The first-order valence-corrected chi connectivity index (χ1v) is 12.7. The molecule has 8 nitrogen and oxygen atoms in total. The molecule has 2 fully saturated rings. The van der Waals surface area contributed by atoms with Gasteiger partial charge in [-0.3, -0.25) is 14.5 Å². The zero-order valence-corrected chi connectivity index (χ0v) is 21.6. The number of amides is 2. The first kappa shape index (κ1) is 25.7. The number of methoxy groups -OCH3 is 2. The number of rotatable bonds is 8. The number of carbonyl (C=O) groups is 3. The van der Waals surface area contributed by atoms with Crippen molar-refractivity contribution in [1.29, 1.82) is 0 Å². The highest BCUT2D eigenvalue weighted by atomic mass is 32.2. The van der Waals surface area contributed by atoms with Crippen LogP contribution < -0.4 is 14.8 Å². The average Bonchev–Trinajstić information content (AvgIpc) is 3.50. The maximum Gasteiger partial charge on any atom is 0.339 e. The molecule has 0 aromatic heterocycles. The second-order valence-electron chi connectivity index (χ2n) is 8.27. The van der Waals surface area contributed by atoms with Crippen molar-refractivity contribution < 1.29 is 28.6 Å². The highest BCUT2D eigenvalue weighted by molar-refractivity contribution is 8.26. The van der Waals surface area contributed by atoms with Crippen LogP contribution in [-0.2, 0) is 14.3 Å². The molecule has 1 N–H and O–H groups in total. The molecule has 1 aliphatic carbocycles. The summed E-state index contributed by atoms with van der Waals surface area (Å²) in [4.78, 5) is 39.6. The zero-order chi connectivity index (χ0) is 25.7. The van der Waals surface area contributed by atoms with E-state index in [0.29, 0.717) is 26.4 Å². The van der Waals surface area contributed by atoms with Crippen LogP contribution in [0, 0.1) is 0 Å². The van der Waals surface area contributed by atoms with Gasteiger partial charge in [-0.2, -0.15) is 0 Å². The Labute approximate surface area is 219 Å². The number of benzene rings is 2. The van der Waals surface area contributed by atoms with Gasteiger partial charge < -0.3 is 19.5 Å². The summed E-state index contributed by atoms with van der Waals surface area (Å²) in [6.45, 7) is -0.300. The summed E-state index contributed by atoms with van der Waals surface area (Å²) in [7, 11) is 2.77. The predicted octanol–water partition coefficient (Wildman–Crippen LogP) is 4.64. The molecule has 188 valence electrons. The van der Waals surface area contributed by atoms with Crippen LogP contribution in [0.3, 0.4) is 0 Å². The second kappa shape index (κ2) is 11.6. The summed E-state index contributed by atoms with van der Waals surface area (Å²) in [5.41, 5.74) is 1.33. The molecule has 0 unspecified atom stereocenters. The number of nitrogens with one attached hydrogen (secondary N) is 1. The zero-order valence-electron chi connectivity index (χ0n) is 19.9. The lowest BCUT2D eigenvalue weighted by Crippen LogP contribution is -2.36. The normalized spacial score (nSPS) is 16.9. The molecule has 4 rings (SSSR count). The van der Waals surface area contributed by atoms with E-state index >= 15 is 0 Å². The SMILES string of the molecule is COC(=O)c1ccccc1NC(=O)COc1ccc(/C=C2/SC(=S)N(C3CCCC3)C2=O)cc1OC. The van der Waals surface area contributed by atoms with E-state index in [1.54, 1.807) is 53.4 Å². The van der Waals surface area contributed by atoms with Crippen LogP contribution in [0.1, 0.15) is 41.6 Å². The maximum atomic E-state index is 13.0. The van der Waals surface area contributed by atoms with Crippen LogP contribution in [0.4, 0.5) is 5.69 Å². The molecule has 0 spiro atoms. The van der Waals surface area contributed by atoms with E-state index in [1.165, 1.54) is 26.0 Å². The predicted molar refractivity (Wildman–Crippen MR) is 142 cm³/mol. The molecule has 2 amide bonds. The largest absolute Gasteiger partial charge is 0.493 e. The highest BCUT2D eigenvalue weighted by Crippen LogP contribution is 2.38. The molecule has 2 aromatic carbocycles. The topological polar surface area (TPSA) is 94.2 Å². The number of hydrogen-bond donors (Lipinski definition) is 1. The molecule has 2 aromatic rings. The van der Waals surface area contributed by atoms with Crippen molar-refractivity contribution in [2.45, 2.75) is 31.7 Å². The molecular formula is C26H26N2O6S2. The van der Waals surface area contributed by atoms with Crippen molar-refractivity contribution >= 4 is 57.8 Å². The van der Waals surface area contributed by atoms with Gasteiger partial charge in [-0.25, -0.2) is 4.79 Å². The summed E-state index contributed by atoms with van der Waals surface area (Å²) in [5, 5.41) is 2.66. The summed E-state index contributed by atoms with van der Waals surface area (Å²) in [6, 6.07) is 11.9. The Bertz CT molecular complexity index is 1220. The number of thiocarbonyl (C=S) groups is 1. The van der Waals surface area contributed by atoms with Crippen molar-refractivity contribution in [3.8, 4) is 11.5 Å². The van der Waals surface area contributed by atoms with Crippen molar-refractivity contribution in [3.63, 3.8) is 0 Å². The first-order chi connectivity index (χ1) is 17.4. The average molecular weight is 527 g/mol. The summed E-state index contributed by atoms with van der Waals surface area (Å²) >= 11 is 6.78. The minimum atomic E-state index is -0.552. The number of para-hydroxylation sites is 1. The van der Waals surface area contributed by atoms with E-state index in [4.69, 9.17) is 26.4 Å². The number of esters is 1. The summed E-state index contributed by atoms with van der Waals surface area (Å²) in [5.74, 6) is -0.278. The third-order valence-electron chi connectivity index (χ3n) is 5.96. The van der Waals surface area contributed by atoms with Gasteiger partial charge in [0.05, 0.1) is 30.4 Å². The summed E-state index contributed by atoms with van der Waals surface area (Å²) in [6.07, 6.45) is 6.00. The molecule has 10 heteroatoms. The van der Waals surface area contributed by atoms with Gasteiger partial charge in [-0.05, 0) is 48.7 Å². The lowest BCUT2D eigenvalue weighted by atomic mass is 10.1. The molecule has 0 radical (unpaired) electrons. The molecule has 0 bridgehead atoms. The van der Waals surface area contributed by atoms with Crippen molar-refractivity contribution in [3.05, 3.63) is 58.5 Å². The minimum absolute atomic E-state index is 0.0555. The van der Waals surface area contributed by atoms with Crippen molar-refractivity contribution in [1.82, 2.24) is 4.90 Å². The Hall–Kier alpha value is -3.37. The molecule has 2 aliphatic rings. The Morgan fingerprint density at radius 1 is 1.14 bits per heavy atom. The third kappa shape index (κ3) is 5.71. The first-order valence-electron chi connectivity index (χ1n) is 11.5. The number of ether oxygens (including phenoxy) is 3. The Morgan fingerprint density at radius 3 is 2.61 bits per heavy atom. The molecule has 0 atom stereocenters. The van der Waals surface area contributed by atoms with Crippen molar-refractivity contribution in [2.24, 2.45) is 0 Å². The monoisotopic (exact) mass is 526 g/mol. The lowest BCUT2D eigenvalue weighted by Gasteiger charge is -2.21. The molecular weight excluding hydrogens is 500 g/mol. The standard InChI is InChI=1S/C26H26N2O6S2/c1-32-21-13-16(14-22-24(30)28(26(35)36-22)17-7-3-4-8-17)11-12-20(21)34-15-23(29)27-19-10-6-5-9-18(19)25(31)33-2/h5-6,9-14,17H,3-4,7-8,15H2,1-2H3,(H,27,29)/b22-14+. The minimum Gasteiger partial charge on any atom is -0.493 e. The van der Waals surface area contributed by atoms with Crippen LogP contribution in [-0.4, -0.2) is 53.9 Å². The number of anilines is 1. The van der Waals surface area contributed by atoms with Gasteiger partial charge >= 0.3 is 5.97 Å². The number of hydrogen-bond acceptors (Lipinski definition) is 8. The van der Waals surface area contributed by atoms with Gasteiger partial charge in [-0.15, -0.1) is 0 Å². The molecule has 1 heterocycles.